The molecule has 0 aliphatic carbocycles. The van der Waals surface area contributed by atoms with Crippen LogP contribution in [0, 0.1) is 10.1 Å². The Morgan fingerprint density at radius 3 is 2.90 bits per heavy atom. The Bertz CT molecular complexity index is 669. The number of rotatable bonds is 4. The fraction of sp³-hybridized carbons (Fsp3) is 0. The molecule has 2 aromatic rings. The lowest BCUT2D eigenvalue weighted by Gasteiger charge is -2.09. The molecule has 1 aromatic heterocycles. The number of nitro benzene ring substituents is 1. The third kappa shape index (κ3) is 2.95. The number of nitrogen functional groups attached to an aromatic ring is 1. The largest absolute Gasteiger partial charge is 0.429 e. The van der Waals surface area contributed by atoms with Gasteiger partial charge in [0.05, 0.1) is 15.6 Å². The molecule has 0 saturated heterocycles. The molecule has 10 heteroatoms. The van der Waals surface area contributed by atoms with Gasteiger partial charge in [-0.25, -0.2) is 10.8 Å². The quantitative estimate of drug-likeness (QED) is 0.489. The summed E-state index contributed by atoms with van der Waals surface area (Å²) in [4.78, 5) is 18.1. The zero-order chi connectivity index (χ0) is 14.7. The average molecular weight is 361 g/mol. The summed E-state index contributed by atoms with van der Waals surface area (Å²) in [6.45, 7) is 0. The summed E-state index contributed by atoms with van der Waals surface area (Å²) < 4.78 is 5.80. The molecule has 20 heavy (non-hydrogen) atoms. The highest BCUT2D eigenvalue weighted by Gasteiger charge is 2.20. The Morgan fingerprint density at radius 2 is 2.25 bits per heavy atom. The number of hydrazine groups is 1. The van der Waals surface area contributed by atoms with Gasteiger partial charge < -0.3 is 4.74 Å². The van der Waals surface area contributed by atoms with Crippen LogP contribution in [0.4, 0.5) is 11.6 Å². The minimum absolute atomic E-state index is 0.0129. The minimum atomic E-state index is -0.572. The van der Waals surface area contributed by atoms with Gasteiger partial charge in [-0.1, -0.05) is 17.7 Å². The number of nitrogens with one attached hydrogen (secondary N) is 1. The van der Waals surface area contributed by atoms with E-state index in [0.29, 0.717) is 4.47 Å². The molecule has 0 fully saturated rings. The number of aromatic nitrogens is 2. The van der Waals surface area contributed by atoms with Crippen molar-refractivity contribution in [1.82, 2.24) is 9.97 Å². The van der Waals surface area contributed by atoms with Crippen LogP contribution in [0.5, 0.6) is 11.6 Å². The van der Waals surface area contributed by atoms with E-state index in [2.05, 4.69) is 31.3 Å². The fourth-order valence-corrected chi connectivity index (χ4v) is 1.90. The molecule has 0 aliphatic heterocycles. The fourth-order valence-electron chi connectivity index (χ4n) is 1.33. The maximum absolute atomic E-state index is 11.0. The van der Waals surface area contributed by atoms with Crippen LogP contribution in [0.1, 0.15) is 0 Å². The molecule has 0 radical (unpaired) electrons. The normalized spacial score (nSPS) is 10.2. The summed E-state index contributed by atoms with van der Waals surface area (Å²) in [6, 6.07) is 4.42. The molecule has 0 unspecified atom stereocenters. The monoisotopic (exact) mass is 359 g/mol. The maximum atomic E-state index is 11.0. The summed E-state index contributed by atoms with van der Waals surface area (Å²) in [7, 11) is 0. The predicted octanol–water partition coefficient (Wildman–Crippen LogP) is 2.88. The van der Waals surface area contributed by atoms with Crippen molar-refractivity contribution in [2.24, 2.45) is 5.84 Å². The van der Waals surface area contributed by atoms with Crippen molar-refractivity contribution in [3.05, 3.63) is 44.0 Å². The van der Waals surface area contributed by atoms with Crippen LogP contribution in [0.25, 0.3) is 0 Å². The number of ether oxygens (including phenoxy) is 1. The van der Waals surface area contributed by atoms with Crippen molar-refractivity contribution >= 4 is 39.2 Å². The number of nitro groups is 1. The summed E-state index contributed by atoms with van der Waals surface area (Å²) in [5.74, 6) is 5.18. The molecule has 1 heterocycles. The van der Waals surface area contributed by atoms with Crippen LogP contribution < -0.4 is 16.0 Å². The molecule has 2 rings (SSSR count). The van der Waals surface area contributed by atoms with Crippen molar-refractivity contribution in [1.29, 1.82) is 0 Å². The molecule has 0 atom stereocenters. The van der Waals surface area contributed by atoms with E-state index in [1.54, 1.807) is 6.07 Å². The number of nitrogens with two attached hydrogens (primary N) is 1. The number of anilines is 1. The Morgan fingerprint density at radius 1 is 1.50 bits per heavy atom. The van der Waals surface area contributed by atoms with Crippen molar-refractivity contribution in [3.63, 3.8) is 0 Å². The third-order valence-electron chi connectivity index (χ3n) is 2.18. The molecular weight excluding hydrogens is 353 g/mol. The van der Waals surface area contributed by atoms with Crippen LogP contribution in [-0.2, 0) is 0 Å². The molecule has 104 valence electrons. The lowest BCUT2D eigenvalue weighted by Crippen LogP contribution is -2.10. The van der Waals surface area contributed by atoms with Gasteiger partial charge >= 0.3 is 5.69 Å². The van der Waals surface area contributed by atoms with E-state index in [9.17, 15) is 10.1 Å². The molecule has 8 nitrogen and oxygen atoms in total. The van der Waals surface area contributed by atoms with Gasteiger partial charge in [-0.05, 0) is 22.0 Å². The molecule has 3 N–H and O–H groups in total. The van der Waals surface area contributed by atoms with E-state index in [1.165, 1.54) is 18.3 Å². The van der Waals surface area contributed by atoms with Gasteiger partial charge in [0.1, 0.15) is 5.02 Å². The highest BCUT2D eigenvalue weighted by atomic mass is 79.9. The number of hydrogen-bond donors (Lipinski definition) is 2. The van der Waals surface area contributed by atoms with E-state index in [4.69, 9.17) is 22.2 Å². The van der Waals surface area contributed by atoms with Crippen LogP contribution in [0.3, 0.4) is 0 Å². The minimum Gasteiger partial charge on any atom is -0.429 e. The first kappa shape index (κ1) is 14.4. The second kappa shape index (κ2) is 5.99. The Hall–Kier alpha value is -1.97. The molecular formula is C10H7BrClN5O3. The first-order valence-corrected chi connectivity index (χ1v) is 6.30. The van der Waals surface area contributed by atoms with Gasteiger partial charge in [-0.2, -0.15) is 4.98 Å². The Balaban J connectivity index is 2.47. The zero-order valence-corrected chi connectivity index (χ0v) is 12.1. The predicted molar refractivity (Wildman–Crippen MR) is 75.7 cm³/mol. The Labute approximate surface area is 126 Å². The smallest absolute Gasteiger partial charge is 0.312 e. The topological polar surface area (TPSA) is 116 Å². The van der Waals surface area contributed by atoms with Crippen molar-refractivity contribution in [2.45, 2.75) is 0 Å². The first-order chi connectivity index (χ1) is 9.52. The van der Waals surface area contributed by atoms with Gasteiger partial charge in [-0.15, -0.1) is 0 Å². The summed E-state index contributed by atoms with van der Waals surface area (Å²) in [6.07, 6.45) is 1.27. The number of nitrogens with zero attached hydrogens (tertiary/aromatic N) is 3. The van der Waals surface area contributed by atoms with Crippen LogP contribution in [0.2, 0.25) is 5.02 Å². The second-order valence-electron chi connectivity index (χ2n) is 3.44. The highest BCUT2D eigenvalue weighted by molar-refractivity contribution is 9.10. The van der Waals surface area contributed by atoms with Crippen LogP contribution in [0.15, 0.2) is 28.9 Å². The summed E-state index contributed by atoms with van der Waals surface area (Å²) in [5, 5.41) is 11.1. The molecule has 0 bridgehead atoms. The van der Waals surface area contributed by atoms with E-state index in [0.717, 1.165) is 0 Å². The summed E-state index contributed by atoms with van der Waals surface area (Å²) >= 11 is 9.06. The number of hydrogen-bond acceptors (Lipinski definition) is 7. The average Bonchev–Trinajstić information content (AvgIpc) is 2.43. The number of para-hydroxylation sites is 1. The van der Waals surface area contributed by atoms with Gasteiger partial charge in [0, 0.05) is 6.07 Å². The van der Waals surface area contributed by atoms with E-state index in [-0.39, 0.29) is 28.3 Å². The molecule has 0 amide bonds. The zero-order valence-electron chi connectivity index (χ0n) is 9.71. The van der Waals surface area contributed by atoms with Crippen LogP contribution >= 0.6 is 27.5 Å². The van der Waals surface area contributed by atoms with E-state index in [1.807, 2.05) is 0 Å². The van der Waals surface area contributed by atoms with E-state index < -0.39 is 4.92 Å². The molecule has 0 spiro atoms. The van der Waals surface area contributed by atoms with Crippen molar-refractivity contribution in [3.8, 4) is 11.6 Å². The number of halogens is 2. The SMILES string of the molecule is NNc1ncc(Cl)c(Oc2c(Br)cccc2[N+](=O)[O-])n1. The molecule has 0 aliphatic rings. The van der Waals surface area contributed by atoms with Crippen molar-refractivity contribution in [2.75, 3.05) is 5.43 Å². The lowest BCUT2D eigenvalue weighted by molar-refractivity contribution is -0.385. The van der Waals surface area contributed by atoms with Crippen molar-refractivity contribution < 1.29 is 9.66 Å². The lowest BCUT2D eigenvalue weighted by atomic mass is 10.3. The van der Waals surface area contributed by atoms with Gasteiger partial charge in [-0.3, -0.25) is 15.5 Å². The highest BCUT2D eigenvalue weighted by Crippen LogP contribution is 2.39. The van der Waals surface area contributed by atoms with Crippen LogP contribution in [-0.4, -0.2) is 14.9 Å². The molecule has 0 saturated carbocycles. The second-order valence-corrected chi connectivity index (χ2v) is 4.70. The first-order valence-electron chi connectivity index (χ1n) is 5.13. The van der Waals surface area contributed by atoms with Gasteiger partial charge in [0.25, 0.3) is 0 Å². The summed E-state index contributed by atoms with van der Waals surface area (Å²) in [5.41, 5.74) is 2.00. The van der Waals surface area contributed by atoms with Gasteiger partial charge in [0.15, 0.2) is 0 Å². The van der Waals surface area contributed by atoms with Gasteiger partial charge in [0.2, 0.25) is 17.6 Å². The standard InChI is InChI=1S/C10H7BrClN5O3/c11-5-2-1-3-7(17(18)19)8(5)20-9-6(12)4-14-10(15-9)16-13/h1-4H,13H2,(H,14,15,16). The molecule has 1 aromatic carbocycles. The number of benzene rings is 1. The maximum Gasteiger partial charge on any atom is 0.312 e. The van der Waals surface area contributed by atoms with E-state index >= 15 is 0 Å². The third-order valence-corrected chi connectivity index (χ3v) is 3.07. The Kier molecular flexibility index (Phi) is 4.32.